The largest absolute Gasteiger partial charge is 0.480 e. The highest BCUT2D eigenvalue weighted by Gasteiger charge is 2.24. The third-order valence-electron chi connectivity index (χ3n) is 4.66. The molecule has 1 aliphatic carbocycles. The van der Waals surface area contributed by atoms with Crippen LogP contribution >= 0.6 is 23.2 Å². The second-order valence-electron chi connectivity index (χ2n) is 6.64. The van der Waals surface area contributed by atoms with E-state index in [-0.39, 0.29) is 22.2 Å². The van der Waals surface area contributed by atoms with Crippen LogP contribution in [-0.2, 0) is 11.2 Å². The molecular weight excluding hydrogens is 429 g/mol. The van der Waals surface area contributed by atoms with Crippen LogP contribution in [0, 0.1) is 0 Å². The maximum absolute atomic E-state index is 12.4. The highest BCUT2D eigenvalue weighted by atomic mass is 35.5. The number of halogens is 2. The van der Waals surface area contributed by atoms with Crippen molar-refractivity contribution in [2.24, 2.45) is 0 Å². The molecule has 3 amide bonds. The Balaban J connectivity index is 1.57. The fraction of sp³-hybridized carbons (Fsp3) is 0.190. The predicted octanol–water partition coefficient (Wildman–Crippen LogP) is 3.46. The van der Waals surface area contributed by atoms with Crippen molar-refractivity contribution in [3.05, 3.63) is 75.4 Å². The molecule has 9 heteroatoms. The lowest BCUT2D eigenvalue weighted by Crippen LogP contribution is -2.49. The first-order valence-electron chi connectivity index (χ1n) is 9.16. The number of carbonyl (C=O) groups is 3. The van der Waals surface area contributed by atoms with E-state index in [1.165, 1.54) is 17.7 Å². The highest BCUT2D eigenvalue weighted by Crippen LogP contribution is 2.31. The summed E-state index contributed by atoms with van der Waals surface area (Å²) in [5, 5.41) is 16.9. The summed E-state index contributed by atoms with van der Waals surface area (Å²) < 4.78 is 0. The second kappa shape index (κ2) is 9.65. The van der Waals surface area contributed by atoms with E-state index in [0.29, 0.717) is 0 Å². The zero-order valence-electron chi connectivity index (χ0n) is 15.7. The van der Waals surface area contributed by atoms with Crippen LogP contribution < -0.4 is 16.0 Å². The Labute approximate surface area is 183 Å². The van der Waals surface area contributed by atoms with Crippen molar-refractivity contribution in [1.29, 1.82) is 0 Å². The van der Waals surface area contributed by atoms with Gasteiger partial charge in [0.25, 0.3) is 5.91 Å². The van der Waals surface area contributed by atoms with E-state index in [4.69, 9.17) is 23.2 Å². The standard InChI is InChI=1S/C21H19Cl2N3O4/c22-15-6-3-7-16(23)18(15)19(27)26-17(20(28)29)11-25-21(30)24-10-13-9-8-12-4-1-2-5-14(12)13/h1-7,10,17H,8-9,11H2,(H,26,27)(H,28,29)(H2,24,25,30)/t17-/m0/s1. The summed E-state index contributed by atoms with van der Waals surface area (Å²) in [7, 11) is 0. The zero-order valence-corrected chi connectivity index (χ0v) is 17.3. The van der Waals surface area contributed by atoms with Crippen LogP contribution in [0.3, 0.4) is 0 Å². The molecule has 2 aromatic carbocycles. The van der Waals surface area contributed by atoms with Gasteiger partial charge in [-0.15, -0.1) is 0 Å². The first kappa shape index (κ1) is 21.7. The maximum atomic E-state index is 12.4. The first-order chi connectivity index (χ1) is 14.4. The van der Waals surface area contributed by atoms with Gasteiger partial charge in [0.15, 0.2) is 0 Å². The first-order valence-corrected chi connectivity index (χ1v) is 9.91. The molecule has 1 atom stereocenters. The molecule has 30 heavy (non-hydrogen) atoms. The van der Waals surface area contributed by atoms with Gasteiger partial charge in [0.1, 0.15) is 6.04 Å². The number of hydrogen-bond donors (Lipinski definition) is 4. The number of nitrogens with one attached hydrogen (secondary N) is 3. The number of allylic oxidation sites excluding steroid dienone is 1. The van der Waals surface area contributed by atoms with Crippen molar-refractivity contribution < 1.29 is 19.5 Å². The van der Waals surface area contributed by atoms with Crippen molar-refractivity contribution in [1.82, 2.24) is 16.0 Å². The molecule has 156 valence electrons. The molecule has 0 saturated carbocycles. The Hall–Kier alpha value is -3.03. The fourth-order valence-corrected chi connectivity index (χ4v) is 3.72. The van der Waals surface area contributed by atoms with Crippen molar-refractivity contribution >= 4 is 46.7 Å². The monoisotopic (exact) mass is 447 g/mol. The Kier molecular flexibility index (Phi) is 6.97. The van der Waals surface area contributed by atoms with Crippen LogP contribution in [-0.4, -0.2) is 35.6 Å². The van der Waals surface area contributed by atoms with E-state index < -0.39 is 23.9 Å². The summed E-state index contributed by atoms with van der Waals surface area (Å²) in [6, 6.07) is 10.5. The predicted molar refractivity (Wildman–Crippen MR) is 115 cm³/mol. The van der Waals surface area contributed by atoms with Gasteiger partial charge in [0, 0.05) is 6.20 Å². The van der Waals surface area contributed by atoms with Gasteiger partial charge >= 0.3 is 12.0 Å². The molecule has 0 unspecified atom stereocenters. The molecular formula is C21H19Cl2N3O4. The van der Waals surface area contributed by atoms with Crippen LogP contribution in [0.25, 0.3) is 5.57 Å². The van der Waals surface area contributed by atoms with Gasteiger partial charge in [-0.2, -0.15) is 0 Å². The molecule has 0 heterocycles. The minimum absolute atomic E-state index is 0.0267. The van der Waals surface area contributed by atoms with Crippen LogP contribution in [0.15, 0.2) is 48.7 Å². The number of aryl methyl sites for hydroxylation is 1. The van der Waals surface area contributed by atoms with Crippen LogP contribution in [0.2, 0.25) is 10.0 Å². The van der Waals surface area contributed by atoms with Crippen molar-refractivity contribution in [2.75, 3.05) is 6.54 Å². The molecule has 0 fully saturated rings. The second-order valence-corrected chi connectivity index (χ2v) is 7.46. The van der Waals surface area contributed by atoms with Crippen LogP contribution in [0.5, 0.6) is 0 Å². The van der Waals surface area contributed by atoms with Crippen LogP contribution in [0.1, 0.15) is 27.9 Å². The van der Waals surface area contributed by atoms with E-state index in [2.05, 4.69) is 16.0 Å². The molecule has 0 bridgehead atoms. The van der Waals surface area contributed by atoms with Gasteiger partial charge in [-0.25, -0.2) is 9.59 Å². The molecule has 0 radical (unpaired) electrons. The van der Waals surface area contributed by atoms with Gasteiger partial charge in [-0.1, -0.05) is 53.5 Å². The van der Waals surface area contributed by atoms with Crippen LogP contribution in [0.4, 0.5) is 4.79 Å². The summed E-state index contributed by atoms with van der Waals surface area (Å²) >= 11 is 12.0. The number of benzene rings is 2. The van der Waals surface area contributed by atoms with Crippen molar-refractivity contribution in [3.8, 4) is 0 Å². The average molecular weight is 448 g/mol. The SMILES string of the molecule is O=C(NC=C1CCc2ccccc21)NC[C@H](NC(=O)c1c(Cl)cccc1Cl)C(=O)O. The lowest BCUT2D eigenvalue weighted by molar-refractivity contribution is -0.139. The molecule has 7 nitrogen and oxygen atoms in total. The van der Waals surface area contributed by atoms with E-state index in [0.717, 1.165) is 24.0 Å². The summed E-state index contributed by atoms with van der Waals surface area (Å²) in [4.78, 5) is 36.0. The normalized spacial score (nSPS) is 14.7. The number of carboxylic acids is 1. The van der Waals surface area contributed by atoms with E-state index in [9.17, 15) is 19.5 Å². The topological polar surface area (TPSA) is 108 Å². The molecule has 4 N–H and O–H groups in total. The number of rotatable bonds is 6. The molecule has 0 aliphatic heterocycles. The van der Waals surface area contributed by atoms with Crippen molar-refractivity contribution in [2.45, 2.75) is 18.9 Å². The third-order valence-corrected chi connectivity index (χ3v) is 5.29. The lowest BCUT2D eigenvalue weighted by Gasteiger charge is -2.16. The molecule has 0 spiro atoms. The number of carbonyl (C=O) groups excluding carboxylic acids is 2. The summed E-state index contributed by atoms with van der Waals surface area (Å²) in [6.45, 7) is -0.325. The third kappa shape index (κ3) is 5.11. The van der Waals surface area contributed by atoms with Gasteiger partial charge in [-0.3, -0.25) is 4.79 Å². The Morgan fingerprint density at radius 2 is 1.73 bits per heavy atom. The number of aliphatic carboxylic acids is 1. The quantitative estimate of drug-likeness (QED) is 0.543. The molecule has 1 aliphatic rings. The molecule has 0 aromatic heterocycles. The summed E-state index contributed by atoms with van der Waals surface area (Å²) in [5.74, 6) is -2.06. The molecule has 2 aromatic rings. The van der Waals surface area contributed by atoms with E-state index in [1.807, 2.05) is 24.3 Å². The van der Waals surface area contributed by atoms with Gasteiger partial charge in [0.05, 0.1) is 22.2 Å². The number of carboxylic acid groups (broad SMARTS) is 1. The van der Waals surface area contributed by atoms with E-state index in [1.54, 1.807) is 12.3 Å². The zero-order chi connectivity index (χ0) is 21.7. The molecule has 3 rings (SSSR count). The highest BCUT2D eigenvalue weighted by molar-refractivity contribution is 6.39. The van der Waals surface area contributed by atoms with Gasteiger partial charge in [0.2, 0.25) is 0 Å². The fourth-order valence-electron chi connectivity index (χ4n) is 3.15. The number of urea groups is 1. The smallest absolute Gasteiger partial charge is 0.328 e. The Bertz CT molecular complexity index is 1000. The Morgan fingerprint density at radius 3 is 2.43 bits per heavy atom. The number of amides is 3. The Morgan fingerprint density at radius 1 is 1.03 bits per heavy atom. The van der Waals surface area contributed by atoms with Gasteiger partial charge < -0.3 is 21.1 Å². The lowest BCUT2D eigenvalue weighted by atomic mass is 10.1. The number of fused-ring (bicyclic) bond motifs is 1. The van der Waals surface area contributed by atoms with Crippen molar-refractivity contribution in [3.63, 3.8) is 0 Å². The van der Waals surface area contributed by atoms with E-state index >= 15 is 0 Å². The minimum atomic E-state index is -1.37. The summed E-state index contributed by atoms with van der Waals surface area (Å²) in [6.07, 6.45) is 3.33. The number of hydrogen-bond acceptors (Lipinski definition) is 3. The maximum Gasteiger partial charge on any atom is 0.328 e. The average Bonchev–Trinajstić information content (AvgIpc) is 3.12. The summed E-state index contributed by atoms with van der Waals surface area (Å²) in [5.41, 5.74) is 3.28. The van der Waals surface area contributed by atoms with Gasteiger partial charge in [-0.05, 0) is 41.7 Å². The minimum Gasteiger partial charge on any atom is -0.480 e. The molecule has 0 saturated heterocycles.